The third-order valence-corrected chi connectivity index (χ3v) is 7.37. The topological polar surface area (TPSA) is 59.1 Å². The van der Waals surface area contributed by atoms with Crippen molar-refractivity contribution in [3.05, 3.63) is 117 Å². The minimum atomic E-state index is -0.890. The van der Waals surface area contributed by atoms with Crippen molar-refractivity contribution < 1.29 is 19.1 Å². The first kappa shape index (κ1) is 31.5. The molecule has 0 saturated heterocycles. The van der Waals surface area contributed by atoms with E-state index < -0.39 is 12.2 Å². The predicted octanol–water partition coefficient (Wildman–Crippen LogP) is 8.60. The summed E-state index contributed by atoms with van der Waals surface area (Å²) in [6, 6.07) is 28.0. The van der Waals surface area contributed by atoms with Crippen LogP contribution < -0.4 is 19.3 Å². The summed E-state index contributed by atoms with van der Waals surface area (Å²) in [4.78, 5) is 30.7. The number of anilines is 2. The van der Waals surface area contributed by atoms with E-state index in [1.54, 1.807) is 60.0 Å². The Bertz CT molecular complexity index is 1410. The van der Waals surface area contributed by atoms with Crippen molar-refractivity contribution in [2.45, 2.75) is 26.1 Å². The number of carbonyl (C=O) groups excluding carboxylic acids is 2. The number of nitrogens with zero attached hydrogens (tertiary/aromatic N) is 2. The summed E-state index contributed by atoms with van der Waals surface area (Å²) >= 11 is 24.6. The summed E-state index contributed by atoms with van der Waals surface area (Å²) in [6.07, 6.45) is -1.78. The van der Waals surface area contributed by atoms with Gasteiger partial charge in [-0.05, 0) is 74.5 Å². The van der Waals surface area contributed by atoms with Gasteiger partial charge in [-0.2, -0.15) is 0 Å². The molecule has 42 heavy (non-hydrogen) atoms. The lowest BCUT2D eigenvalue weighted by atomic mass is 10.2. The fourth-order valence-electron chi connectivity index (χ4n) is 4.21. The molecule has 0 aliphatic carbocycles. The van der Waals surface area contributed by atoms with Gasteiger partial charge in [-0.1, -0.05) is 82.8 Å². The van der Waals surface area contributed by atoms with Crippen LogP contribution in [0.4, 0.5) is 11.4 Å². The number of hydrogen-bond donors (Lipinski definition) is 0. The van der Waals surface area contributed by atoms with Crippen molar-refractivity contribution in [3.63, 3.8) is 0 Å². The number of para-hydroxylation sites is 2. The fraction of sp³-hybridized carbons (Fsp3) is 0.188. The van der Waals surface area contributed by atoms with Crippen LogP contribution in [0.2, 0.25) is 20.1 Å². The van der Waals surface area contributed by atoms with Crippen LogP contribution in [0.1, 0.15) is 13.8 Å². The Balaban J connectivity index is 1.57. The minimum Gasteiger partial charge on any atom is -0.479 e. The summed E-state index contributed by atoms with van der Waals surface area (Å²) in [5.41, 5.74) is 1.30. The van der Waals surface area contributed by atoms with Crippen molar-refractivity contribution in [2.75, 3.05) is 22.9 Å². The average molecular weight is 646 g/mol. The highest BCUT2D eigenvalue weighted by Gasteiger charge is 2.28. The number of hydrogen-bond acceptors (Lipinski definition) is 4. The normalized spacial score (nSPS) is 12.2. The van der Waals surface area contributed by atoms with E-state index >= 15 is 0 Å². The molecule has 4 rings (SSSR count). The summed E-state index contributed by atoms with van der Waals surface area (Å²) < 4.78 is 11.8. The Kier molecular flexibility index (Phi) is 11.0. The molecule has 0 aliphatic heterocycles. The molecule has 0 fully saturated rings. The second-order valence-corrected chi connectivity index (χ2v) is 11.0. The molecule has 218 valence electrons. The molecule has 6 nitrogen and oxygen atoms in total. The van der Waals surface area contributed by atoms with Gasteiger partial charge in [-0.3, -0.25) is 9.59 Å². The van der Waals surface area contributed by atoms with E-state index in [4.69, 9.17) is 55.9 Å². The van der Waals surface area contributed by atoms with Gasteiger partial charge >= 0.3 is 0 Å². The van der Waals surface area contributed by atoms with Gasteiger partial charge in [-0.15, -0.1) is 0 Å². The van der Waals surface area contributed by atoms with Crippen LogP contribution in [-0.2, 0) is 9.59 Å². The standard InChI is InChI=1S/C32H28Cl4N2O4/c1-21(41-29-15-13-23(33)19-27(29)35)31(39)37(25-9-5-3-6-10-25)17-18-38(26-11-7-4-8-12-26)32(40)22(2)42-30-16-14-24(34)20-28(30)36/h3-16,19-22H,17-18H2,1-2H3/t21-,22-/m1/s1. The van der Waals surface area contributed by atoms with Crippen LogP contribution in [0.25, 0.3) is 0 Å². The number of ether oxygens (including phenoxy) is 2. The van der Waals surface area contributed by atoms with Gasteiger partial charge in [0.1, 0.15) is 11.5 Å². The van der Waals surface area contributed by atoms with E-state index in [0.717, 1.165) is 0 Å². The predicted molar refractivity (Wildman–Crippen MR) is 171 cm³/mol. The maximum absolute atomic E-state index is 13.8. The van der Waals surface area contributed by atoms with Gasteiger partial charge in [0.15, 0.2) is 12.2 Å². The highest BCUT2D eigenvalue weighted by Crippen LogP contribution is 2.30. The molecule has 0 saturated carbocycles. The molecule has 10 heteroatoms. The molecule has 0 spiro atoms. The van der Waals surface area contributed by atoms with Crippen LogP contribution in [-0.4, -0.2) is 37.1 Å². The van der Waals surface area contributed by atoms with Crippen molar-refractivity contribution in [1.82, 2.24) is 0 Å². The van der Waals surface area contributed by atoms with Gasteiger partial charge in [-0.25, -0.2) is 0 Å². The zero-order chi connectivity index (χ0) is 30.2. The molecule has 0 unspecified atom stereocenters. The molecule has 0 radical (unpaired) electrons. The number of benzene rings is 4. The first-order valence-electron chi connectivity index (χ1n) is 13.1. The molecule has 4 aromatic carbocycles. The van der Waals surface area contributed by atoms with Crippen LogP contribution in [0.3, 0.4) is 0 Å². The summed E-state index contributed by atoms with van der Waals surface area (Å²) in [5.74, 6) is 0.0422. The third-order valence-electron chi connectivity index (χ3n) is 6.31. The van der Waals surface area contributed by atoms with E-state index in [1.165, 1.54) is 0 Å². The number of carbonyl (C=O) groups is 2. The monoisotopic (exact) mass is 644 g/mol. The summed E-state index contributed by atoms with van der Waals surface area (Å²) in [6.45, 7) is 3.63. The second kappa shape index (κ2) is 14.7. The van der Waals surface area contributed by atoms with Gasteiger partial charge < -0.3 is 19.3 Å². The molecular weight excluding hydrogens is 618 g/mol. The van der Waals surface area contributed by atoms with Crippen molar-refractivity contribution in [3.8, 4) is 11.5 Å². The van der Waals surface area contributed by atoms with Gasteiger partial charge in [0.25, 0.3) is 11.8 Å². The molecule has 0 N–H and O–H groups in total. The van der Waals surface area contributed by atoms with Crippen LogP contribution in [0.5, 0.6) is 11.5 Å². The molecule has 2 atom stereocenters. The van der Waals surface area contributed by atoms with Crippen molar-refractivity contribution >= 4 is 69.6 Å². The number of amides is 2. The lowest BCUT2D eigenvalue weighted by Crippen LogP contribution is -2.48. The van der Waals surface area contributed by atoms with Crippen molar-refractivity contribution in [2.24, 2.45) is 0 Å². The molecule has 0 aromatic heterocycles. The highest BCUT2D eigenvalue weighted by atomic mass is 35.5. The Morgan fingerprint density at radius 3 is 1.29 bits per heavy atom. The Morgan fingerprint density at radius 1 is 0.595 bits per heavy atom. The molecule has 0 bridgehead atoms. The zero-order valence-electron chi connectivity index (χ0n) is 22.8. The maximum Gasteiger partial charge on any atom is 0.267 e. The van der Waals surface area contributed by atoms with E-state index in [0.29, 0.717) is 43.0 Å². The molecule has 0 heterocycles. The van der Waals surface area contributed by atoms with Crippen LogP contribution in [0.15, 0.2) is 97.1 Å². The molecule has 2 amide bonds. The third kappa shape index (κ3) is 8.11. The van der Waals surface area contributed by atoms with Crippen molar-refractivity contribution in [1.29, 1.82) is 0 Å². The Hall–Kier alpha value is -3.42. The first-order valence-corrected chi connectivity index (χ1v) is 14.6. The van der Waals surface area contributed by atoms with E-state index in [9.17, 15) is 9.59 Å². The molecular formula is C32H28Cl4N2O4. The molecule has 4 aromatic rings. The number of halogens is 4. The SMILES string of the molecule is C[C@@H](Oc1ccc(Cl)cc1Cl)C(=O)N(CCN(C(=O)[C@@H](C)Oc1ccc(Cl)cc1Cl)c1ccccc1)c1ccccc1. The fourth-order valence-corrected chi connectivity index (χ4v) is 5.12. The van der Waals surface area contributed by atoms with E-state index in [1.807, 2.05) is 60.7 Å². The quantitative estimate of drug-likeness (QED) is 0.164. The summed E-state index contributed by atoms with van der Waals surface area (Å²) in [7, 11) is 0. The number of rotatable bonds is 11. The van der Waals surface area contributed by atoms with E-state index in [2.05, 4.69) is 0 Å². The van der Waals surface area contributed by atoms with Gasteiger partial charge in [0, 0.05) is 34.5 Å². The second-order valence-electron chi connectivity index (χ2n) is 9.32. The zero-order valence-corrected chi connectivity index (χ0v) is 25.9. The maximum atomic E-state index is 13.8. The first-order chi connectivity index (χ1) is 20.1. The smallest absolute Gasteiger partial charge is 0.267 e. The molecule has 0 aliphatic rings. The largest absolute Gasteiger partial charge is 0.479 e. The van der Waals surface area contributed by atoms with Crippen LogP contribution in [0, 0.1) is 0 Å². The Morgan fingerprint density at radius 2 is 0.952 bits per heavy atom. The van der Waals surface area contributed by atoms with Gasteiger partial charge in [0.05, 0.1) is 10.0 Å². The lowest BCUT2D eigenvalue weighted by molar-refractivity contribution is -0.126. The lowest BCUT2D eigenvalue weighted by Gasteiger charge is -2.31. The Labute approximate surface area is 265 Å². The summed E-state index contributed by atoms with van der Waals surface area (Å²) in [5, 5.41) is 1.51. The van der Waals surface area contributed by atoms with Crippen LogP contribution >= 0.6 is 46.4 Å². The average Bonchev–Trinajstić information content (AvgIpc) is 2.98. The minimum absolute atomic E-state index is 0.167. The van der Waals surface area contributed by atoms with E-state index in [-0.39, 0.29) is 24.9 Å². The van der Waals surface area contributed by atoms with Gasteiger partial charge in [0.2, 0.25) is 0 Å². The highest BCUT2D eigenvalue weighted by molar-refractivity contribution is 6.36.